The molecule has 0 spiro atoms. The van der Waals surface area contributed by atoms with E-state index in [1.807, 2.05) is 4.90 Å². The first-order valence-electron chi connectivity index (χ1n) is 8.19. The number of piperidine rings is 1. The molecule has 1 amide bonds. The number of likely N-dealkylation sites (tertiary alicyclic amines) is 1. The van der Waals surface area contributed by atoms with Gasteiger partial charge in [0.05, 0.1) is 17.8 Å². The summed E-state index contributed by atoms with van der Waals surface area (Å²) in [4.78, 5) is 14.7. The summed E-state index contributed by atoms with van der Waals surface area (Å²) in [6, 6.07) is 0. The van der Waals surface area contributed by atoms with Gasteiger partial charge in [-0.15, -0.1) is 0 Å². The van der Waals surface area contributed by atoms with Gasteiger partial charge < -0.3 is 4.90 Å². The molecular formula is C15H24N4O3S. The van der Waals surface area contributed by atoms with Crippen LogP contribution in [0.1, 0.15) is 31.4 Å². The number of aromatic nitrogens is 2. The third kappa shape index (κ3) is 3.01. The number of carbonyl (C=O) groups excluding carboxylic acids is 1. The quantitative estimate of drug-likeness (QED) is 0.814. The number of aryl methyl sites for hydroxylation is 1. The molecule has 3 rings (SSSR count). The number of rotatable bonds is 3. The van der Waals surface area contributed by atoms with Crippen molar-refractivity contribution in [2.75, 3.05) is 26.2 Å². The predicted octanol–water partition coefficient (Wildman–Crippen LogP) is 0.752. The van der Waals surface area contributed by atoms with Crippen LogP contribution in [0.2, 0.25) is 0 Å². The van der Waals surface area contributed by atoms with E-state index in [4.69, 9.17) is 0 Å². The molecule has 2 fully saturated rings. The van der Waals surface area contributed by atoms with Gasteiger partial charge in [-0.25, -0.2) is 8.42 Å². The molecule has 0 unspecified atom stereocenters. The fraction of sp³-hybridized carbons (Fsp3) is 0.733. The van der Waals surface area contributed by atoms with Crippen LogP contribution in [0.5, 0.6) is 0 Å². The van der Waals surface area contributed by atoms with Crippen LogP contribution < -0.4 is 0 Å². The molecule has 7 nitrogen and oxygen atoms in total. The Morgan fingerprint density at radius 2 is 1.91 bits per heavy atom. The lowest BCUT2D eigenvalue weighted by atomic mass is 9.98. The van der Waals surface area contributed by atoms with Crippen molar-refractivity contribution in [1.82, 2.24) is 19.0 Å². The van der Waals surface area contributed by atoms with E-state index in [9.17, 15) is 13.2 Å². The zero-order valence-electron chi connectivity index (χ0n) is 13.7. The molecule has 8 heteroatoms. The molecule has 0 saturated carbocycles. The second kappa shape index (κ2) is 6.24. The van der Waals surface area contributed by atoms with Gasteiger partial charge in [-0.3, -0.25) is 9.48 Å². The highest BCUT2D eigenvalue weighted by atomic mass is 32.2. The van der Waals surface area contributed by atoms with Crippen LogP contribution in [0.15, 0.2) is 11.1 Å². The molecule has 2 saturated heterocycles. The average Bonchev–Trinajstić information content (AvgIpc) is 3.18. The first-order chi connectivity index (χ1) is 10.9. The zero-order valence-corrected chi connectivity index (χ0v) is 14.5. The summed E-state index contributed by atoms with van der Waals surface area (Å²) in [5.74, 6) is -0.0982. The van der Waals surface area contributed by atoms with Gasteiger partial charge in [-0.2, -0.15) is 9.40 Å². The maximum Gasteiger partial charge on any atom is 0.246 e. The van der Waals surface area contributed by atoms with Crippen LogP contribution in [0.25, 0.3) is 0 Å². The summed E-state index contributed by atoms with van der Waals surface area (Å²) < 4.78 is 28.7. The van der Waals surface area contributed by atoms with Crippen LogP contribution in [-0.2, 0) is 21.9 Å². The Balaban J connectivity index is 1.77. The van der Waals surface area contributed by atoms with Gasteiger partial charge in [-0.1, -0.05) is 0 Å². The number of hydrogen-bond acceptors (Lipinski definition) is 4. The fourth-order valence-corrected chi connectivity index (χ4v) is 5.14. The van der Waals surface area contributed by atoms with E-state index in [0.717, 1.165) is 38.8 Å². The van der Waals surface area contributed by atoms with E-state index >= 15 is 0 Å². The van der Waals surface area contributed by atoms with Gasteiger partial charge in [-0.05, 0) is 32.6 Å². The molecular weight excluding hydrogens is 316 g/mol. The summed E-state index contributed by atoms with van der Waals surface area (Å²) in [7, 11) is -1.86. The SMILES string of the molecule is Cc1c(S(=O)(=O)N2CCC[C@@H](C(=O)N3CCCC3)C2)cnn1C. The highest BCUT2D eigenvalue weighted by Crippen LogP contribution is 2.27. The Morgan fingerprint density at radius 3 is 2.52 bits per heavy atom. The third-order valence-electron chi connectivity index (χ3n) is 4.96. The summed E-state index contributed by atoms with van der Waals surface area (Å²) in [5, 5.41) is 4.03. The van der Waals surface area contributed by atoms with Gasteiger partial charge in [0.1, 0.15) is 4.90 Å². The Bertz CT molecular complexity index is 692. The first kappa shape index (κ1) is 16.4. The second-order valence-electron chi connectivity index (χ2n) is 6.45. The second-order valence-corrected chi connectivity index (χ2v) is 8.36. The van der Waals surface area contributed by atoms with E-state index in [2.05, 4.69) is 5.10 Å². The van der Waals surface area contributed by atoms with E-state index < -0.39 is 10.0 Å². The lowest BCUT2D eigenvalue weighted by Gasteiger charge is -2.33. The van der Waals surface area contributed by atoms with E-state index in [-0.39, 0.29) is 23.3 Å². The first-order valence-corrected chi connectivity index (χ1v) is 9.63. The molecule has 2 aliphatic heterocycles. The number of hydrogen-bond donors (Lipinski definition) is 0. The Labute approximate surface area is 137 Å². The van der Waals surface area contributed by atoms with Crippen molar-refractivity contribution < 1.29 is 13.2 Å². The van der Waals surface area contributed by atoms with E-state index in [1.165, 1.54) is 10.5 Å². The standard InChI is InChI=1S/C15H24N4O3S/c1-12-14(10-16-17(12)2)23(21,22)19-9-5-6-13(11-19)15(20)18-7-3-4-8-18/h10,13H,3-9,11H2,1-2H3/t13-/m1/s1. The lowest BCUT2D eigenvalue weighted by Crippen LogP contribution is -2.46. The maximum atomic E-state index is 12.9. The molecule has 0 aliphatic carbocycles. The Hall–Kier alpha value is -1.41. The number of amides is 1. The van der Waals surface area contributed by atoms with Crippen LogP contribution in [0, 0.1) is 12.8 Å². The number of nitrogens with zero attached hydrogens (tertiary/aromatic N) is 4. The van der Waals surface area contributed by atoms with Gasteiger partial charge in [0.2, 0.25) is 15.9 Å². The molecule has 0 aromatic carbocycles. The largest absolute Gasteiger partial charge is 0.342 e. The van der Waals surface area contributed by atoms with Crippen molar-refractivity contribution in [3.8, 4) is 0 Å². The summed E-state index contributed by atoms with van der Waals surface area (Å²) in [6.45, 7) is 4.12. The fourth-order valence-electron chi connectivity index (χ4n) is 3.43. The van der Waals surface area contributed by atoms with Crippen molar-refractivity contribution in [3.05, 3.63) is 11.9 Å². The summed E-state index contributed by atoms with van der Waals surface area (Å²) in [5.41, 5.74) is 0.623. The summed E-state index contributed by atoms with van der Waals surface area (Å²) in [6.07, 6.45) is 5.00. The molecule has 128 valence electrons. The molecule has 1 aromatic heterocycles. The molecule has 0 bridgehead atoms. The molecule has 0 radical (unpaired) electrons. The molecule has 23 heavy (non-hydrogen) atoms. The van der Waals surface area contributed by atoms with Crippen molar-refractivity contribution in [3.63, 3.8) is 0 Å². The number of carbonyl (C=O) groups is 1. The average molecular weight is 340 g/mol. The van der Waals surface area contributed by atoms with Gasteiger partial charge in [0.15, 0.2) is 0 Å². The van der Waals surface area contributed by atoms with Gasteiger partial charge in [0.25, 0.3) is 0 Å². The minimum atomic E-state index is -3.58. The zero-order chi connectivity index (χ0) is 16.6. The van der Waals surface area contributed by atoms with E-state index in [0.29, 0.717) is 12.2 Å². The van der Waals surface area contributed by atoms with Crippen molar-refractivity contribution >= 4 is 15.9 Å². The smallest absolute Gasteiger partial charge is 0.246 e. The highest BCUT2D eigenvalue weighted by molar-refractivity contribution is 7.89. The maximum absolute atomic E-state index is 12.9. The Kier molecular flexibility index (Phi) is 4.46. The van der Waals surface area contributed by atoms with Crippen LogP contribution >= 0.6 is 0 Å². The minimum Gasteiger partial charge on any atom is -0.342 e. The predicted molar refractivity (Wildman–Crippen MR) is 85.2 cm³/mol. The van der Waals surface area contributed by atoms with Crippen molar-refractivity contribution in [2.24, 2.45) is 13.0 Å². The van der Waals surface area contributed by atoms with Crippen molar-refractivity contribution in [1.29, 1.82) is 0 Å². The monoisotopic (exact) mass is 340 g/mol. The van der Waals surface area contributed by atoms with Crippen LogP contribution in [-0.4, -0.2) is 59.5 Å². The molecule has 1 aromatic rings. The topological polar surface area (TPSA) is 75.5 Å². The van der Waals surface area contributed by atoms with Crippen LogP contribution in [0.4, 0.5) is 0 Å². The lowest BCUT2D eigenvalue weighted by molar-refractivity contribution is -0.135. The molecule has 0 N–H and O–H groups in total. The van der Waals surface area contributed by atoms with Crippen molar-refractivity contribution in [2.45, 2.75) is 37.5 Å². The summed E-state index contributed by atoms with van der Waals surface area (Å²) >= 11 is 0. The highest BCUT2D eigenvalue weighted by Gasteiger charge is 2.36. The Morgan fingerprint density at radius 1 is 1.22 bits per heavy atom. The van der Waals surface area contributed by atoms with Crippen LogP contribution in [0.3, 0.4) is 0 Å². The number of sulfonamides is 1. The minimum absolute atomic E-state index is 0.116. The normalized spacial score (nSPS) is 23.4. The third-order valence-corrected chi connectivity index (χ3v) is 6.93. The van der Waals surface area contributed by atoms with Gasteiger partial charge in [0, 0.05) is 33.2 Å². The molecule has 2 aliphatic rings. The van der Waals surface area contributed by atoms with Gasteiger partial charge >= 0.3 is 0 Å². The van der Waals surface area contributed by atoms with E-state index in [1.54, 1.807) is 18.7 Å². The molecule has 1 atom stereocenters. The molecule has 3 heterocycles.